The zero-order valence-corrected chi connectivity index (χ0v) is 59.8. The molecule has 0 bridgehead atoms. The number of hydrogen-bond acceptors (Lipinski definition) is 2. The van der Waals surface area contributed by atoms with Gasteiger partial charge in [0.15, 0.2) is 0 Å². The van der Waals surface area contributed by atoms with Crippen molar-refractivity contribution in [1.82, 2.24) is 9.13 Å². The lowest BCUT2D eigenvalue weighted by Gasteiger charge is -2.16. The van der Waals surface area contributed by atoms with Gasteiger partial charge in [-0.25, -0.2) is 0 Å². The van der Waals surface area contributed by atoms with Crippen LogP contribution in [0.2, 0.25) is 0 Å². The number of hydrogen-bond donors (Lipinski definition) is 0. The third-order valence-corrected chi connectivity index (χ3v) is 23.7. The first-order valence-corrected chi connectivity index (χ1v) is 38.1. The third kappa shape index (κ3) is 9.72. The van der Waals surface area contributed by atoms with Crippen molar-refractivity contribution >= 4 is 109 Å². The molecule has 0 saturated carbocycles. The lowest BCUT2D eigenvalue weighted by molar-refractivity contribution is 0.662. The van der Waals surface area contributed by atoms with Crippen molar-refractivity contribution in [2.75, 3.05) is 0 Å². The number of aromatic nitrogens is 2. The monoisotopic (exact) mass is 1400 g/mol. The smallest absolute Gasteiger partial charge is 0.140 e. The van der Waals surface area contributed by atoms with Crippen molar-refractivity contribution in [2.45, 2.75) is 11.8 Å². The van der Waals surface area contributed by atoms with Crippen LogP contribution in [0.3, 0.4) is 0 Å². The highest BCUT2D eigenvalue weighted by atomic mass is 16.3. The van der Waals surface area contributed by atoms with Crippen LogP contribution in [0.4, 0.5) is 0 Å². The number of furan rings is 2. The van der Waals surface area contributed by atoms with E-state index in [1.54, 1.807) is 0 Å². The highest BCUT2D eigenvalue weighted by molar-refractivity contribution is 6.25. The van der Waals surface area contributed by atoms with E-state index in [9.17, 15) is 0 Å². The largest absolute Gasteiger partial charge is 0.456 e. The second-order valence-electron chi connectivity index (χ2n) is 29.7. The molecule has 0 fully saturated rings. The number of para-hydroxylation sites is 3. The predicted octanol–water partition coefficient (Wildman–Crippen LogP) is 28.7. The summed E-state index contributed by atoms with van der Waals surface area (Å²) < 4.78 is 18.0. The zero-order valence-electron chi connectivity index (χ0n) is 59.8. The minimum absolute atomic E-state index is 0.0638. The van der Waals surface area contributed by atoms with Gasteiger partial charge in [-0.2, -0.15) is 0 Å². The molecule has 0 N–H and O–H groups in total. The van der Waals surface area contributed by atoms with Gasteiger partial charge in [0.1, 0.15) is 22.3 Å². The Morgan fingerprint density at radius 2 is 0.700 bits per heavy atom. The van der Waals surface area contributed by atoms with E-state index in [0.717, 1.165) is 49.9 Å². The van der Waals surface area contributed by atoms with E-state index in [1.165, 1.54) is 171 Å². The van der Waals surface area contributed by atoms with Crippen LogP contribution in [0.1, 0.15) is 45.2 Å². The summed E-state index contributed by atoms with van der Waals surface area (Å²) in [6.07, 6.45) is 0. The van der Waals surface area contributed by atoms with Crippen LogP contribution in [-0.2, 0) is 0 Å². The van der Waals surface area contributed by atoms with E-state index < -0.39 is 0 Å². The average Bonchev–Trinajstić information content (AvgIpc) is 1.54. The summed E-state index contributed by atoms with van der Waals surface area (Å²) in [5.41, 5.74) is 33.6. The van der Waals surface area contributed by atoms with Gasteiger partial charge in [-0.05, 0) is 213 Å². The Kier molecular flexibility index (Phi) is 13.9. The van der Waals surface area contributed by atoms with Crippen molar-refractivity contribution in [2.24, 2.45) is 0 Å². The first kappa shape index (κ1) is 61.9. The second kappa shape index (κ2) is 24.6. The number of nitrogens with zero attached hydrogens (tertiary/aromatic N) is 2. The Labute approximate surface area is 634 Å². The molecular weight excluding hydrogens is 1330 g/mol. The average molecular weight is 1400 g/mol. The molecule has 0 spiro atoms. The van der Waals surface area contributed by atoms with Gasteiger partial charge in [0, 0.05) is 66.5 Å². The quantitative estimate of drug-likeness (QED) is 0.152. The molecule has 24 rings (SSSR count). The van der Waals surface area contributed by atoms with E-state index in [-0.39, 0.29) is 11.8 Å². The maximum Gasteiger partial charge on any atom is 0.140 e. The van der Waals surface area contributed by atoms with Crippen molar-refractivity contribution in [3.63, 3.8) is 0 Å². The van der Waals surface area contributed by atoms with Crippen LogP contribution in [0, 0.1) is 0 Å². The van der Waals surface area contributed by atoms with Crippen molar-refractivity contribution in [3.05, 3.63) is 422 Å². The highest BCUT2D eigenvalue weighted by Gasteiger charge is 2.36. The number of benzene rings is 18. The fourth-order valence-electron chi connectivity index (χ4n) is 18.6. The van der Waals surface area contributed by atoms with Gasteiger partial charge in [-0.3, -0.25) is 0 Å². The molecule has 0 amide bonds. The van der Waals surface area contributed by atoms with Gasteiger partial charge >= 0.3 is 0 Å². The molecular formula is C106H66N2O2. The molecule has 4 nitrogen and oxygen atoms in total. The van der Waals surface area contributed by atoms with Crippen LogP contribution >= 0.6 is 0 Å². The Balaban J connectivity index is 0.000000132. The first-order valence-electron chi connectivity index (χ1n) is 38.1. The lowest BCUT2D eigenvalue weighted by atomic mass is 9.86. The van der Waals surface area contributed by atoms with Crippen LogP contribution in [0.15, 0.2) is 397 Å². The normalized spacial score (nSPS) is 13.6. The fourth-order valence-corrected chi connectivity index (χ4v) is 18.6. The van der Waals surface area contributed by atoms with E-state index in [2.05, 4.69) is 391 Å². The SMILES string of the molecule is c1ccc(-c2ccc(-n3c4ccccc4c4cc(-c5ccc6c(c5)c5ccc7oc8ccccc8c7c5n6-c5ccc6ccccc6c5)ccc43)cc2)cc1.c1ccc(-c2ccc(C3c4ccccc4-c4cc(-c5ccc6c(c5)-c5ccc7c(oc8ccccc87)c5C6c5ccc6ccccc6c5)ccc43)cc2)cc1. The molecule has 2 atom stereocenters. The minimum Gasteiger partial charge on any atom is -0.456 e. The zero-order chi connectivity index (χ0) is 72.1. The van der Waals surface area contributed by atoms with Gasteiger partial charge in [0.25, 0.3) is 0 Å². The maximum absolute atomic E-state index is 6.74. The Hall–Kier alpha value is -14.3. The molecule has 4 aromatic heterocycles. The summed E-state index contributed by atoms with van der Waals surface area (Å²) in [4.78, 5) is 0. The minimum atomic E-state index is 0.0638. The topological polar surface area (TPSA) is 36.1 Å². The summed E-state index contributed by atoms with van der Waals surface area (Å²) in [5, 5.41) is 14.5. The van der Waals surface area contributed by atoms with Gasteiger partial charge < -0.3 is 18.0 Å². The standard InChI is InChI=1S/C54H34O.C52H32N2O/c1-2-10-33(11-3-1)35-18-21-36(22-19-35)51-43-16-7-6-14-41(43)48-31-38(24-26-44(48)51)39-25-27-45-49(32-39)46-28-29-47-42-15-8-9-17-50(42)55-54(47)53(46)52(45)40-23-20-34-12-4-5-13-37(34)30-40;1-2-10-33(11-3-1)35-18-23-39(24-19-35)53-46-16-8-6-14-41(46)44-31-37(21-27-47(44)53)38-22-28-48-45(32-38)42-26-29-50-51(43-15-7-9-17-49(43)55-50)52(42)54(48)40-25-20-34-12-4-5-13-36(34)30-40/h1-32,51-52H;1-32H. The number of fused-ring (bicyclic) bond motifs is 22. The summed E-state index contributed by atoms with van der Waals surface area (Å²) in [7, 11) is 0. The lowest BCUT2D eigenvalue weighted by Crippen LogP contribution is -2.00. The molecule has 110 heavy (non-hydrogen) atoms. The summed E-state index contributed by atoms with van der Waals surface area (Å²) >= 11 is 0. The third-order valence-electron chi connectivity index (χ3n) is 23.7. The molecule has 512 valence electrons. The molecule has 18 aromatic carbocycles. The van der Waals surface area contributed by atoms with Gasteiger partial charge in [0.2, 0.25) is 0 Å². The van der Waals surface area contributed by atoms with Gasteiger partial charge in [-0.15, -0.1) is 0 Å². The molecule has 4 heterocycles. The molecule has 0 aliphatic heterocycles. The Morgan fingerprint density at radius 1 is 0.218 bits per heavy atom. The highest BCUT2D eigenvalue weighted by Crippen LogP contribution is 2.55. The molecule has 2 aliphatic rings. The number of rotatable bonds is 8. The van der Waals surface area contributed by atoms with E-state index in [1.807, 2.05) is 6.07 Å². The molecule has 22 aromatic rings. The second-order valence-corrected chi connectivity index (χ2v) is 29.7. The fraction of sp³-hybridized carbons (Fsp3) is 0.0189. The maximum atomic E-state index is 6.74. The van der Waals surface area contributed by atoms with E-state index in [4.69, 9.17) is 8.83 Å². The van der Waals surface area contributed by atoms with Crippen LogP contribution in [0.25, 0.3) is 187 Å². The van der Waals surface area contributed by atoms with Crippen molar-refractivity contribution < 1.29 is 8.83 Å². The first-order chi connectivity index (χ1) is 54.5. The van der Waals surface area contributed by atoms with Crippen LogP contribution in [0.5, 0.6) is 0 Å². The van der Waals surface area contributed by atoms with Gasteiger partial charge in [-0.1, -0.05) is 291 Å². The van der Waals surface area contributed by atoms with Crippen LogP contribution < -0.4 is 0 Å². The van der Waals surface area contributed by atoms with Crippen LogP contribution in [-0.4, -0.2) is 9.13 Å². The van der Waals surface area contributed by atoms with Crippen molar-refractivity contribution in [3.8, 4) is 78.1 Å². The molecule has 2 aliphatic carbocycles. The molecule has 4 heteroatoms. The molecule has 2 unspecified atom stereocenters. The van der Waals surface area contributed by atoms with E-state index >= 15 is 0 Å². The molecule has 0 saturated heterocycles. The van der Waals surface area contributed by atoms with Crippen molar-refractivity contribution in [1.29, 1.82) is 0 Å². The van der Waals surface area contributed by atoms with E-state index in [0.29, 0.717) is 0 Å². The van der Waals surface area contributed by atoms with Gasteiger partial charge in [0.05, 0.1) is 27.5 Å². The summed E-state index contributed by atoms with van der Waals surface area (Å²) in [6.45, 7) is 0. The molecule has 0 radical (unpaired) electrons. The Morgan fingerprint density at radius 3 is 1.42 bits per heavy atom. The Bertz CT molecular complexity index is 7520. The predicted molar refractivity (Wildman–Crippen MR) is 459 cm³/mol. The summed E-state index contributed by atoms with van der Waals surface area (Å²) in [5.74, 6) is 0.264. The summed E-state index contributed by atoms with van der Waals surface area (Å²) in [6, 6.07) is 142.